The molecule has 60 valence electrons. The summed E-state index contributed by atoms with van der Waals surface area (Å²) >= 11 is 0. The SMILES string of the molecule is C#CC(=O)N1CCC[C@H](O)C1. The van der Waals surface area contributed by atoms with Gasteiger partial charge < -0.3 is 10.0 Å². The average molecular weight is 153 g/mol. The van der Waals surface area contributed by atoms with E-state index in [0.29, 0.717) is 13.1 Å². The van der Waals surface area contributed by atoms with E-state index in [1.807, 2.05) is 5.92 Å². The standard InChI is InChI=1S/C8H11NO2/c1-2-8(11)9-5-3-4-7(10)6-9/h1,7,10H,3-6H2/t7-/m0/s1. The van der Waals surface area contributed by atoms with Gasteiger partial charge in [-0.3, -0.25) is 4.79 Å². The molecule has 0 radical (unpaired) electrons. The summed E-state index contributed by atoms with van der Waals surface area (Å²) < 4.78 is 0. The van der Waals surface area contributed by atoms with Crippen LogP contribution in [0.25, 0.3) is 0 Å². The van der Waals surface area contributed by atoms with Crippen molar-refractivity contribution in [3.63, 3.8) is 0 Å². The number of terminal acetylenes is 1. The molecule has 0 saturated carbocycles. The topological polar surface area (TPSA) is 40.5 Å². The number of piperidine rings is 1. The first-order valence-corrected chi connectivity index (χ1v) is 3.67. The predicted molar refractivity (Wildman–Crippen MR) is 40.7 cm³/mol. The molecule has 3 heteroatoms. The van der Waals surface area contributed by atoms with Gasteiger partial charge in [0.15, 0.2) is 0 Å². The maximum atomic E-state index is 10.9. The summed E-state index contributed by atoms with van der Waals surface area (Å²) in [5, 5.41) is 9.16. The molecule has 1 N–H and O–H groups in total. The van der Waals surface area contributed by atoms with E-state index in [1.54, 1.807) is 0 Å². The van der Waals surface area contributed by atoms with Gasteiger partial charge in [0.1, 0.15) is 0 Å². The smallest absolute Gasteiger partial charge is 0.298 e. The number of rotatable bonds is 0. The van der Waals surface area contributed by atoms with Gasteiger partial charge in [0.05, 0.1) is 6.10 Å². The average Bonchev–Trinajstić information content (AvgIpc) is 2.03. The molecule has 0 aromatic heterocycles. The maximum Gasteiger partial charge on any atom is 0.298 e. The van der Waals surface area contributed by atoms with Crippen molar-refractivity contribution in [2.75, 3.05) is 13.1 Å². The molecule has 0 aliphatic carbocycles. The highest BCUT2D eigenvalue weighted by molar-refractivity contribution is 5.92. The fraction of sp³-hybridized carbons (Fsp3) is 0.625. The summed E-state index contributed by atoms with van der Waals surface area (Å²) in [5.74, 6) is 1.72. The predicted octanol–water partition coefficient (Wildman–Crippen LogP) is -0.397. The third kappa shape index (κ3) is 1.95. The van der Waals surface area contributed by atoms with Crippen molar-refractivity contribution >= 4 is 5.91 Å². The zero-order valence-corrected chi connectivity index (χ0v) is 6.29. The Hall–Kier alpha value is -1.01. The van der Waals surface area contributed by atoms with Gasteiger partial charge in [-0.05, 0) is 18.8 Å². The molecule has 1 aliphatic heterocycles. The largest absolute Gasteiger partial charge is 0.391 e. The minimum atomic E-state index is -0.388. The van der Waals surface area contributed by atoms with Gasteiger partial charge in [-0.1, -0.05) is 0 Å². The van der Waals surface area contributed by atoms with Crippen LogP contribution in [0, 0.1) is 12.3 Å². The third-order valence-electron chi connectivity index (χ3n) is 1.81. The van der Waals surface area contributed by atoms with E-state index >= 15 is 0 Å². The number of likely N-dealkylation sites (tertiary alicyclic amines) is 1. The lowest BCUT2D eigenvalue weighted by Gasteiger charge is -2.28. The first-order valence-electron chi connectivity index (χ1n) is 3.67. The number of aliphatic hydroxyl groups excluding tert-OH is 1. The summed E-state index contributed by atoms with van der Waals surface area (Å²) in [7, 11) is 0. The number of nitrogens with zero attached hydrogens (tertiary/aromatic N) is 1. The van der Waals surface area contributed by atoms with Gasteiger partial charge in [0.2, 0.25) is 0 Å². The molecular formula is C8H11NO2. The van der Waals surface area contributed by atoms with E-state index in [9.17, 15) is 4.79 Å². The molecule has 11 heavy (non-hydrogen) atoms. The molecule has 0 aromatic rings. The lowest BCUT2D eigenvalue weighted by Crippen LogP contribution is -2.41. The van der Waals surface area contributed by atoms with Crippen LogP contribution in [0.4, 0.5) is 0 Å². The van der Waals surface area contributed by atoms with Gasteiger partial charge in [-0.25, -0.2) is 0 Å². The molecule has 1 aliphatic rings. The lowest BCUT2D eigenvalue weighted by atomic mass is 10.1. The van der Waals surface area contributed by atoms with Gasteiger partial charge in [-0.15, -0.1) is 6.42 Å². The Morgan fingerprint density at radius 2 is 2.45 bits per heavy atom. The van der Waals surface area contributed by atoms with Crippen LogP contribution in [0.5, 0.6) is 0 Å². The second-order valence-corrected chi connectivity index (χ2v) is 2.69. The van der Waals surface area contributed by atoms with Crippen molar-refractivity contribution in [2.45, 2.75) is 18.9 Å². The van der Waals surface area contributed by atoms with Crippen molar-refractivity contribution in [3.05, 3.63) is 0 Å². The van der Waals surface area contributed by atoms with Gasteiger partial charge >= 0.3 is 0 Å². The Morgan fingerprint density at radius 1 is 1.73 bits per heavy atom. The van der Waals surface area contributed by atoms with Gasteiger partial charge in [0.25, 0.3) is 5.91 Å². The van der Waals surface area contributed by atoms with Crippen LogP contribution in [0.2, 0.25) is 0 Å². The van der Waals surface area contributed by atoms with Crippen molar-refractivity contribution in [1.29, 1.82) is 0 Å². The minimum Gasteiger partial charge on any atom is -0.391 e. The number of hydrogen-bond donors (Lipinski definition) is 1. The fourth-order valence-corrected chi connectivity index (χ4v) is 1.23. The van der Waals surface area contributed by atoms with E-state index in [1.165, 1.54) is 4.90 Å². The van der Waals surface area contributed by atoms with Crippen LogP contribution < -0.4 is 0 Å². The van der Waals surface area contributed by atoms with Gasteiger partial charge in [-0.2, -0.15) is 0 Å². The maximum absolute atomic E-state index is 10.9. The Morgan fingerprint density at radius 3 is 3.00 bits per heavy atom. The first kappa shape index (κ1) is 8.09. The van der Waals surface area contributed by atoms with Gasteiger partial charge in [0, 0.05) is 13.1 Å². The number of β-amino-alcohol motifs (C(OH)–C–C–N with tert-alkyl or cyclic N) is 1. The molecular weight excluding hydrogens is 142 g/mol. The van der Waals surface area contributed by atoms with E-state index in [2.05, 4.69) is 0 Å². The van der Waals surface area contributed by atoms with Crippen molar-refractivity contribution in [1.82, 2.24) is 4.90 Å². The monoisotopic (exact) mass is 153 g/mol. The van der Waals surface area contributed by atoms with E-state index < -0.39 is 0 Å². The molecule has 1 saturated heterocycles. The fourth-order valence-electron chi connectivity index (χ4n) is 1.23. The summed E-state index contributed by atoms with van der Waals surface area (Å²) in [6.45, 7) is 1.07. The molecule has 1 fully saturated rings. The second-order valence-electron chi connectivity index (χ2n) is 2.69. The number of aliphatic hydroxyl groups is 1. The Labute approximate surface area is 66.0 Å². The summed E-state index contributed by atoms with van der Waals surface area (Å²) in [6, 6.07) is 0. The quantitative estimate of drug-likeness (QED) is 0.481. The lowest BCUT2D eigenvalue weighted by molar-refractivity contribution is -0.128. The molecule has 1 rings (SSSR count). The highest BCUT2D eigenvalue weighted by Crippen LogP contribution is 2.08. The Kier molecular flexibility index (Phi) is 2.50. The van der Waals surface area contributed by atoms with Crippen molar-refractivity contribution in [3.8, 4) is 12.3 Å². The minimum absolute atomic E-state index is 0.316. The molecule has 1 heterocycles. The van der Waals surface area contributed by atoms with Crippen LogP contribution in [0.3, 0.4) is 0 Å². The van der Waals surface area contributed by atoms with Crippen LogP contribution in [-0.4, -0.2) is 35.1 Å². The highest BCUT2D eigenvalue weighted by Gasteiger charge is 2.20. The van der Waals surface area contributed by atoms with E-state index in [-0.39, 0.29) is 12.0 Å². The van der Waals surface area contributed by atoms with Crippen LogP contribution in [0.1, 0.15) is 12.8 Å². The number of amides is 1. The van der Waals surface area contributed by atoms with E-state index in [4.69, 9.17) is 11.5 Å². The molecule has 1 atom stereocenters. The van der Waals surface area contributed by atoms with Crippen LogP contribution >= 0.6 is 0 Å². The summed E-state index contributed by atoms with van der Waals surface area (Å²) in [6.07, 6.45) is 6.15. The number of carbonyl (C=O) groups excluding carboxylic acids is 1. The van der Waals surface area contributed by atoms with Crippen LogP contribution in [0.15, 0.2) is 0 Å². The zero-order chi connectivity index (χ0) is 8.27. The number of carbonyl (C=O) groups is 1. The van der Waals surface area contributed by atoms with Crippen molar-refractivity contribution < 1.29 is 9.90 Å². The Bertz CT molecular complexity index is 195. The first-order chi connectivity index (χ1) is 5.24. The van der Waals surface area contributed by atoms with Crippen LogP contribution in [-0.2, 0) is 4.79 Å². The Balaban J connectivity index is 2.47. The van der Waals surface area contributed by atoms with E-state index in [0.717, 1.165) is 12.8 Å². The zero-order valence-electron chi connectivity index (χ0n) is 6.29. The third-order valence-corrected chi connectivity index (χ3v) is 1.81. The molecule has 0 aromatic carbocycles. The van der Waals surface area contributed by atoms with Crippen molar-refractivity contribution in [2.24, 2.45) is 0 Å². The normalized spacial score (nSPS) is 24.4. The number of hydrogen-bond acceptors (Lipinski definition) is 2. The molecule has 3 nitrogen and oxygen atoms in total. The molecule has 0 unspecified atom stereocenters. The molecule has 0 spiro atoms. The molecule has 0 bridgehead atoms. The second kappa shape index (κ2) is 3.40. The summed E-state index contributed by atoms with van der Waals surface area (Å²) in [5.41, 5.74) is 0. The highest BCUT2D eigenvalue weighted by atomic mass is 16.3. The molecule has 1 amide bonds. The summed E-state index contributed by atoms with van der Waals surface area (Å²) in [4.78, 5) is 12.4.